The lowest BCUT2D eigenvalue weighted by molar-refractivity contribution is 0.0595. The van der Waals surface area contributed by atoms with Crippen LogP contribution in [0, 0.1) is 0 Å². The number of rotatable bonds is 3. The third-order valence-electron chi connectivity index (χ3n) is 1.75. The second-order valence-electron chi connectivity index (χ2n) is 2.60. The van der Waals surface area contributed by atoms with Crippen LogP contribution in [0.5, 0.6) is 0 Å². The molecule has 0 spiro atoms. The second kappa shape index (κ2) is 3.91. The Morgan fingerprint density at radius 2 is 2.54 bits per heavy atom. The van der Waals surface area contributed by atoms with Crippen molar-refractivity contribution in [2.75, 3.05) is 7.11 Å². The van der Waals surface area contributed by atoms with Crippen molar-refractivity contribution in [3.8, 4) is 0 Å². The van der Waals surface area contributed by atoms with E-state index in [0.29, 0.717) is 5.69 Å². The Kier molecular flexibility index (Phi) is 2.87. The van der Waals surface area contributed by atoms with Gasteiger partial charge < -0.3 is 15.5 Å². The van der Waals surface area contributed by atoms with Crippen molar-refractivity contribution in [3.63, 3.8) is 0 Å². The van der Waals surface area contributed by atoms with Crippen LogP contribution in [0.1, 0.15) is 22.1 Å². The molecule has 1 rings (SSSR count). The average molecular weight is 180 g/mol. The summed E-state index contributed by atoms with van der Waals surface area (Å²) in [5.41, 5.74) is 6.87. The first kappa shape index (κ1) is 9.54. The second-order valence-corrected chi connectivity index (χ2v) is 2.60. The molecule has 1 aromatic heterocycles. The highest BCUT2D eigenvalue weighted by molar-refractivity contribution is 5.87. The molecule has 0 fully saturated rings. The van der Waals surface area contributed by atoms with Crippen LogP contribution in [0.3, 0.4) is 0 Å². The maximum Gasteiger partial charge on any atom is 0.354 e. The van der Waals surface area contributed by atoms with Crippen molar-refractivity contribution in [2.24, 2.45) is 5.73 Å². The third-order valence-corrected chi connectivity index (χ3v) is 1.75. The van der Waals surface area contributed by atoms with Crippen molar-refractivity contribution in [3.05, 3.63) is 36.2 Å². The maximum absolute atomic E-state index is 11.0. The third kappa shape index (κ3) is 1.97. The molecule has 1 heterocycles. The van der Waals surface area contributed by atoms with Crippen LogP contribution in [0.2, 0.25) is 0 Å². The normalized spacial score (nSPS) is 12.2. The number of aromatic nitrogens is 1. The van der Waals surface area contributed by atoms with Gasteiger partial charge in [-0.05, 0) is 11.6 Å². The lowest BCUT2D eigenvalue weighted by Gasteiger charge is -1.99. The Balaban J connectivity index is 2.86. The Hall–Kier alpha value is -1.55. The van der Waals surface area contributed by atoms with E-state index >= 15 is 0 Å². The maximum atomic E-state index is 11.0. The smallest absolute Gasteiger partial charge is 0.354 e. The summed E-state index contributed by atoms with van der Waals surface area (Å²) in [6.45, 7) is 3.56. The van der Waals surface area contributed by atoms with Crippen molar-refractivity contribution in [2.45, 2.75) is 6.04 Å². The number of nitrogens with one attached hydrogen (secondary N) is 1. The first-order valence-corrected chi connectivity index (χ1v) is 3.83. The van der Waals surface area contributed by atoms with Crippen molar-refractivity contribution in [1.82, 2.24) is 4.98 Å². The monoisotopic (exact) mass is 180 g/mol. The molecular formula is C9H12N2O2. The number of carbonyl (C=O) groups is 1. The van der Waals surface area contributed by atoms with Crippen LogP contribution in [0.4, 0.5) is 0 Å². The van der Waals surface area contributed by atoms with Gasteiger partial charge in [-0.15, -0.1) is 6.58 Å². The van der Waals surface area contributed by atoms with E-state index in [1.807, 2.05) is 0 Å². The van der Waals surface area contributed by atoms with Gasteiger partial charge in [0.25, 0.3) is 0 Å². The van der Waals surface area contributed by atoms with Crippen molar-refractivity contribution < 1.29 is 9.53 Å². The number of aromatic amines is 1. The number of hydrogen-bond donors (Lipinski definition) is 2. The topological polar surface area (TPSA) is 68.1 Å². The molecule has 3 N–H and O–H groups in total. The fraction of sp³-hybridized carbons (Fsp3) is 0.222. The summed E-state index contributed by atoms with van der Waals surface area (Å²) in [5.74, 6) is -0.400. The molecule has 0 aromatic carbocycles. The van der Waals surface area contributed by atoms with Gasteiger partial charge in [-0.1, -0.05) is 6.08 Å². The van der Waals surface area contributed by atoms with Crippen LogP contribution in [0.25, 0.3) is 0 Å². The van der Waals surface area contributed by atoms with Gasteiger partial charge in [-0.3, -0.25) is 0 Å². The molecule has 4 nitrogen and oxygen atoms in total. The van der Waals surface area contributed by atoms with E-state index in [-0.39, 0.29) is 6.04 Å². The number of hydrogen-bond acceptors (Lipinski definition) is 3. The highest BCUT2D eigenvalue weighted by atomic mass is 16.5. The molecule has 13 heavy (non-hydrogen) atoms. The molecule has 0 unspecified atom stereocenters. The van der Waals surface area contributed by atoms with Crippen LogP contribution < -0.4 is 5.73 Å². The molecule has 1 aromatic rings. The lowest BCUT2D eigenvalue weighted by Crippen LogP contribution is -2.05. The van der Waals surface area contributed by atoms with E-state index in [1.54, 1.807) is 18.3 Å². The molecule has 4 heteroatoms. The first-order chi connectivity index (χ1) is 6.19. The van der Waals surface area contributed by atoms with E-state index in [4.69, 9.17) is 5.73 Å². The summed E-state index contributed by atoms with van der Waals surface area (Å²) in [4.78, 5) is 13.8. The summed E-state index contributed by atoms with van der Waals surface area (Å²) in [5, 5.41) is 0. The standard InChI is InChI=1S/C9H12N2O2/c1-3-7(10)6-4-8(11-5-6)9(12)13-2/h3-5,7,11H,1,10H2,2H3/t7-/m0/s1. The van der Waals surface area contributed by atoms with E-state index < -0.39 is 5.97 Å². The van der Waals surface area contributed by atoms with E-state index in [2.05, 4.69) is 16.3 Å². The van der Waals surface area contributed by atoms with Crippen LogP contribution in [-0.2, 0) is 4.74 Å². The lowest BCUT2D eigenvalue weighted by atomic mass is 10.1. The van der Waals surface area contributed by atoms with Crippen molar-refractivity contribution in [1.29, 1.82) is 0 Å². The predicted molar refractivity (Wildman–Crippen MR) is 49.3 cm³/mol. The van der Waals surface area contributed by atoms with Crippen molar-refractivity contribution >= 4 is 5.97 Å². The number of carbonyl (C=O) groups excluding carboxylic acids is 1. The SMILES string of the molecule is C=C[C@H](N)c1c[nH]c(C(=O)OC)c1. The summed E-state index contributed by atoms with van der Waals surface area (Å²) in [6.07, 6.45) is 3.27. The number of ether oxygens (including phenoxy) is 1. The summed E-state index contributed by atoms with van der Waals surface area (Å²) >= 11 is 0. The van der Waals surface area contributed by atoms with Gasteiger partial charge in [-0.2, -0.15) is 0 Å². The zero-order chi connectivity index (χ0) is 9.84. The zero-order valence-corrected chi connectivity index (χ0v) is 7.41. The Bertz CT molecular complexity index is 317. The number of esters is 1. The van der Waals surface area contributed by atoms with Crippen LogP contribution in [-0.4, -0.2) is 18.1 Å². The van der Waals surface area contributed by atoms with Gasteiger partial charge in [0, 0.05) is 12.2 Å². The van der Waals surface area contributed by atoms with Gasteiger partial charge in [-0.25, -0.2) is 4.79 Å². The molecular weight excluding hydrogens is 168 g/mol. The fourth-order valence-corrected chi connectivity index (χ4v) is 0.967. The van der Waals surface area contributed by atoms with Gasteiger partial charge in [0.1, 0.15) is 5.69 Å². The van der Waals surface area contributed by atoms with Gasteiger partial charge in [0.05, 0.1) is 7.11 Å². The molecule has 0 aliphatic heterocycles. The zero-order valence-electron chi connectivity index (χ0n) is 7.41. The molecule has 0 saturated heterocycles. The quantitative estimate of drug-likeness (QED) is 0.538. The molecule has 0 bridgehead atoms. The number of H-pyrrole nitrogens is 1. The highest BCUT2D eigenvalue weighted by Gasteiger charge is 2.10. The molecule has 0 amide bonds. The Morgan fingerprint density at radius 1 is 1.85 bits per heavy atom. The molecule has 0 aliphatic carbocycles. The molecule has 0 radical (unpaired) electrons. The largest absolute Gasteiger partial charge is 0.464 e. The molecule has 1 atom stereocenters. The first-order valence-electron chi connectivity index (χ1n) is 3.83. The minimum Gasteiger partial charge on any atom is -0.464 e. The minimum absolute atomic E-state index is 0.255. The molecule has 70 valence electrons. The minimum atomic E-state index is -0.400. The summed E-state index contributed by atoms with van der Waals surface area (Å²) < 4.78 is 4.53. The van der Waals surface area contributed by atoms with Crippen LogP contribution >= 0.6 is 0 Å². The van der Waals surface area contributed by atoms with Crippen LogP contribution in [0.15, 0.2) is 24.9 Å². The number of nitrogens with two attached hydrogens (primary N) is 1. The average Bonchev–Trinajstić information content (AvgIpc) is 2.64. The highest BCUT2D eigenvalue weighted by Crippen LogP contribution is 2.12. The summed E-state index contributed by atoms with van der Waals surface area (Å²) in [7, 11) is 1.33. The Morgan fingerprint density at radius 3 is 3.08 bits per heavy atom. The van der Waals surface area contributed by atoms with E-state index in [1.165, 1.54) is 7.11 Å². The fourth-order valence-electron chi connectivity index (χ4n) is 0.967. The number of methoxy groups -OCH3 is 1. The van der Waals surface area contributed by atoms with Gasteiger partial charge in [0.2, 0.25) is 0 Å². The van der Waals surface area contributed by atoms with E-state index in [9.17, 15) is 4.79 Å². The van der Waals surface area contributed by atoms with Gasteiger partial charge >= 0.3 is 5.97 Å². The molecule has 0 aliphatic rings. The molecule has 0 saturated carbocycles. The summed E-state index contributed by atoms with van der Waals surface area (Å²) in [6, 6.07) is 1.40. The predicted octanol–water partition coefficient (Wildman–Crippen LogP) is 0.987. The van der Waals surface area contributed by atoms with E-state index in [0.717, 1.165) is 5.56 Å². The Labute approximate surface area is 76.4 Å². The van der Waals surface area contributed by atoms with Gasteiger partial charge in [0.15, 0.2) is 0 Å².